The summed E-state index contributed by atoms with van der Waals surface area (Å²) in [6.07, 6.45) is 0. The van der Waals surface area contributed by atoms with Crippen LogP contribution >= 0.6 is 0 Å². The number of methoxy groups -OCH3 is 4. The lowest BCUT2D eigenvalue weighted by atomic mass is 10.1. The summed E-state index contributed by atoms with van der Waals surface area (Å²) in [5.41, 5.74) is -2.48. The molecule has 0 bridgehead atoms. The van der Waals surface area contributed by atoms with Gasteiger partial charge < -0.3 is 18.9 Å². The van der Waals surface area contributed by atoms with Crippen LogP contribution in [0.3, 0.4) is 0 Å². The smallest absolute Gasteiger partial charge is 0.355 e. The molecular weight excluding hydrogens is 404 g/mol. The lowest BCUT2D eigenvalue weighted by Gasteiger charge is -2.12. The summed E-state index contributed by atoms with van der Waals surface area (Å²) in [5, 5.41) is 10.9. The fourth-order valence-corrected chi connectivity index (χ4v) is 2.74. The van der Waals surface area contributed by atoms with Gasteiger partial charge in [-0.15, -0.1) is 0 Å². The summed E-state index contributed by atoms with van der Waals surface area (Å²) in [6, 6.07) is 4.62. The number of nitrogens with zero attached hydrogens (tertiary/aromatic N) is 2. The number of carbonyl (C=O) groups excluding carboxylic acids is 4. The minimum atomic E-state index is -1.12. The van der Waals surface area contributed by atoms with E-state index in [0.29, 0.717) is 0 Å². The van der Waals surface area contributed by atoms with Gasteiger partial charge in [-0.2, -0.15) is 0 Å². The van der Waals surface area contributed by atoms with Crippen molar-refractivity contribution in [1.82, 2.24) is 4.57 Å². The molecule has 0 radical (unpaired) electrons. The Labute approximate surface area is 169 Å². The van der Waals surface area contributed by atoms with E-state index in [4.69, 9.17) is 9.47 Å². The monoisotopic (exact) mass is 420 g/mol. The van der Waals surface area contributed by atoms with Gasteiger partial charge in [0, 0.05) is 17.8 Å². The zero-order valence-corrected chi connectivity index (χ0v) is 16.3. The summed E-state index contributed by atoms with van der Waals surface area (Å²) in [6.45, 7) is 0. The highest BCUT2D eigenvalue weighted by molar-refractivity contribution is 6.15. The molecule has 0 amide bonds. The molecule has 0 aliphatic rings. The average Bonchev–Trinajstić information content (AvgIpc) is 3.12. The maximum absolute atomic E-state index is 12.5. The first kappa shape index (κ1) is 22.1. The van der Waals surface area contributed by atoms with Crippen molar-refractivity contribution < 1.29 is 43.0 Å². The molecular formula is C18H16N2O10. The van der Waals surface area contributed by atoms with E-state index in [9.17, 15) is 29.3 Å². The molecule has 0 saturated heterocycles. The van der Waals surface area contributed by atoms with Crippen LogP contribution in [0.15, 0.2) is 24.3 Å². The van der Waals surface area contributed by atoms with Gasteiger partial charge in [0.1, 0.15) is 22.5 Å². The number of aromatic nitrogens is 1. The number of non-ortho nitro benzene ring substituents is 1. The molecule has 1 aromatic heterocycles. The topological polar surface area (TPSA) is 153 Å². The van der Waals surface area contributed by atoms with Crippen molar-refractivity contribution >= 4 is 29.6 Å². The van der Waals surface area contributed by atoms with E-state index in [1.54, 1.807) is 0 Å². The molecule has 0 spiro atoms. The zero-order valence-electron chi connectivity index (χ0n) is 16.3. The molecule has 0 fully saturated rings. The molecule has 0 saturated carbocycles. The third-order valence-electron chi connectivity index (χ3n) is 4.03. The SMILES string of the molecule is COC(=O)c1c(C(=O)OC)c(C(=O)OC)n(-c2ccc([N+](=O)[O-])cc2)c1C(=O)OC. The second-order valence-electron chi connectivity index (χ2n) is 5.52. The number of carbonyl (C=O) groups is 4. The Bertz CT molecular complexity index is 983. The highest BCUT2D eigenvalue weighted by atomic mass is 16.6. The molecule has 2 rings (SSSR count). The Morgan fingerprint density at radius 1 is 0.733 bits per heavy atom. The van der Waals surface area contributed by atoms with Crippen LogP contribution in [-0.2, 0) is 18.9 Å². The molecule has 1 heterocycles. The number of nitro groups is 1. The third-order valence-corrected chi connectivity index (χ3v) is 4.03. The molecule has 12 heteroatoms. The predicted molar refractivity (Wildman–Crippen MR) is 97.8 cm³/mol. The number of ether oxygens (including phenoxy) is 4. The largest absolute Gasteiger partial charge is 0.465 e. The van der Waals surface area contributed by atoms with Crippen LogP contribution in [0.4, 0.5) is 5.69 Å². The van der Waals surface area contributed by atoms with Gasteiger partial charge in [-0.25, -0.2) is 19.2 Å². The van der Waals surface area contributed by atoms with Crippen LogP contribution in [0.2, 0.25) is 0 Å². The number of hydrogen-bond donors (Lipinski definition) is 0. The summed E-state index contributed by atoms with van der Waals surface area (Å²) in [4.78, 5) is 60.3. The van der Waals surface area contributed by atoms with E-state index in [0.717, 1.165) is 45.1 Å². The minimum Gasteiger partial charge on any atom is -0.465 e. The van der Waals surface area contributed by atoms with Gasteiger partial charge in [0.15, 0.2) is 0 Å². The standard InChI is InChI=1S/C18H16N2O10/c1-27-15(21)11-12(16(22)28-2)14(18(24)30-4)19(13(11)17(23)29-3)9-5-7-10(8-6-9)20(25)26/h5-8H,1-4H3. The van der Waals surface area contributed by atoms with Crippen molar-refractivity contribution in [3.05, 3.63) is 56.9 Å². The molecule has 0 aliphatic heterocycles. The number of nitro benzene ring substituents is 1. The maximum atomic E-state index is 12.5. The molecule has 12 nitrogen and oxygen atoms in total. The van der Waals surface area contributed by atoms with E-state index >= 15 is 0 Å². The number of hydrogen-bond acceptors (Lipinski definition) is 10. The van der Waals surface area contributed by atoms with Crippen molar-refractivity contribution in [1.29, 1.82) is 0 Å². The molecule has 0 N–H and O–H groups in total. The van der Waals surface area contributed by atoms with Gasteiger partial charge in [0.05, 0.1) is 33.4 Å². The summed E-state index contributed by atoms with van der Waals surface area (Å²) >= 11 is 0. The molecule has 1 aromatic carbocycles. The predicted octanol–water partition coefficient (Wildman–Crippen LogP) is 1.53. The van der Waals surface area contributed by atoms with Crippen LogP contribution in [0.5, 0.6) is 0 Å². The maximum Gasteiger partial charge on any atom is 0.355 e. The average molecular weight is 420 g/mol. The van der Waals surface area contributed by atoms with Crippen molar-refractivity contribution in [2.45, 2.75) is 0 Å². The second kappa shape index (κ2) is 8.86. The quantitative estimate of drug-likeness (QED) is 0.291. The van der Waals surface area contributed by atoms with E-state index in [-0.39, 0.29) is 11.4 Å². The lowest BCUT2D eigenvalue weighted by Crippen LogP contribution is -2.17. The summed E-state index contributed by atoms with van der Waals surface area (Å²) in [7, 11) is 4.05. The lowest BCUT2D eigenvalue weighted by molar-refractivity contribution is -0.384. The van der Waals surface area contributed by atoms with E-state index in [1.807, 2.05) is 0 Å². The second-order valence-corrected chi connectivity index (χ2v) is 5.52. The number of benzene rings is 1. The van der Waals surface area contributed by atoms with Crippen LogP contribution in [0.25, 0.3) is 5.69 Å². The van der Waals surface area contributed by atoms with E-state index < -0.39 is 51.3 Å². The highest BCUT2D eigenvalue weighted by Gasteiger charge is 2.39. The Kier molecular flexibility index (Phi) is 6.52. The van der Waals surface area contributed by atoms with E-state index in [1.165, 1.54) is 12.1 Å². The molecule has 30 heavy (non-hydrogen) atoms. The Morgan fingerprint density at radius 3 is 1.40 bits per heavy atom. The zero-order chi connectivity index (χ0) is 22.6. The highest BCUT2D eigenvalue weighted by Crippen LogP contribution is 2.31. The first-order valence-corrected chi connectivity index (χ1v) is 8.10. The fraction of sp³-hybridized carbons (Fsp3) is 0.222. The van der Waals surface area contributed by atoms with Crippen molar-refractivity contribution in [3.63, 3.8) is 0 Å². The number of esters is 4. The van der Waals surface area contributed by atoms with Gasteiger partial charge in [-0.05, 0) is 12.1 Å². The van der Waals surface area contributed by atoms with Crippen LogP contribution in [-0.4, -0.2) is 61.8 Å². The van der Waals surface area contributed by atoms with Crippen molar-refractivity contribution in [2.24, 2.45) is 0 Å². The molecule has 158 valence electrons. The minimum absolute atomic E-state index is 0.0294. The van der Waals surface area contributed by atoms with Gasteiger partial charge in [0.25, 0.3) is 5.69 Å². The fourth-order valence-electron chi connectivity index (χ4n) is 2.74. The van der Waals surface area contributed by atoms with Gasteiger partial charge in [-0.3, -0.25) is 14.7 Å². The Morgan fingerprint density at radius 2 is 1.10 bits per heavy atom. The van der Waals surface area contributed by atoms with Gasteiger partial charge in [-0.1, -0.05) is 0 Å². The summed E-state index contributed by atoms with van der Waals surface area (Å²) in [5.74, 6) is -4.42. The van der Waals surface area contributed by atoms with E-state index in [2.05, 4.69) is 9.47 Å². The molecule has 0 unspecified atom stereocenters. The van der Waals surface area contributed by atoms with Gasteiger partial charge >= 0.3 is 23.9 Å². The first-order valence-electron chi connectivity index (χ1n) is 8.10. The van der Waals surface area contributed by atoms with Crippen LogP contribution in [0, 0.1) is 10.1 Å². The molecule has 0 aliphatic carbocycles. The normalized spacial score (nSPS) is 10.1. The molecule has 0 atom stereocenters. The van der Waals surface area contributed by atoms with Crippen LogP contribution < -0.4 is 0 Å². The van der Waals surface area contributed by atoms with Crippen molar-refractivity contribution in [2.75, 3.05) is 28.4 Å². The first-order chi connectivity index (χ1) is 14.2. The summed E-state index contributed by atoms with van der Waals surface area (Å²) < 4.78 is 19.7. The Balaban J connectivity index is 3.06. The van der Waals surface area contributed by atoms with Crippen molar-refractivity contribution in [3.8, 4) is 5.69 Å². The van der Waals surface area contributed by atoms with Crippen LogP contribution in [0.1, 0.15) is 41.7 Å². The molecule has 2 aromatic rings. The Hall–Kier alpha value is -4.22. The number of rotatable bonds is 6. The van der Waals surface area contributed by atoms with Gasteiger partial charge in [0.2, 0.25) is 0 Å². The third kappa shape index (κ3) is 3.70.